The number of rotatable bonds is 20. The molecule has 0 nitrogen and oxygen atoms in total. The molecule has 79 heavy (non-hydrogen) atoms. The molecule has 0 heterocycles. The lowest BCUT2D eigenvalue weighted by atomic mass is 9.63. The first-order chi connectivity index (χ1) is 39.0. The largest absolute Gasteiger partial charge is 0.0654 e. The van der Waals surface area contributed by atoms with E-state index in [2.05, 4.69) is 135 Å². The van der Waals surface area contributed by atoms with Crippen molar-refractivity contribution in [1.29, 1.82) is 0 Å². The highest BCUT2D eigenvalue weighted by Gasteiger charge is 2.49. The molecule has 0 radical (unpaired) electrons. The van der Waals surface area contributed by atoms with E-state index in [1.165, 1.54) is 274 Å². The van der Waals surface area contributed by atoms with Gasteiger partial charge in [-0.2, -0.15) is 0 Å². The third-order valence-corrected chi connectivity index (χ3v) is 22.9. The molecule has 7 aliphatic carbocycles. The van der Waals surface area contributed by atoms with Gasteiger partial charge in [-0.25, -0.2) is 0 Å². The van der Waals surface area contributed by atoms with Gasteiger partial charge in [0.2, 0.25) is 0 Å². The molecule has 6 aromatic carbocycles. The highest BCUT2D eigenvalue weighted by molar-refractivity contribution is 5.89. The minimum absolute atomic E-state index is 0.00442. The molecule has 0 heteroatoms. The van der Waals surface area contributed by atoms with Crippen LogP contribution in [0.4, 0.5) is 0 Å². The van der Waals surface area contributed by atoms with Crippen LogP contribution in [0.2, 0.25) is 0 Å². The van der Waals surface area contributed by atoms with Crippen LogP contribution in [0, 0.1) is 23.7 Å². The highest BCUT2D eigenvalue weighted by Crippen LogP contribution is 2.61. The Balaban J connectivity index is 0.921. The molecule has 0 unspecified atom stereocenters. The summed E-state index contributed by atoms with van der Waals surface area (Å²) < 4.78 is 0. The standard InChI is InChI=1S/C79H98/c1-3-5-7-25-47-77(48-26-8-6-4-2)73-49-61(63-39-43-67-65-35-21-23-37-71(65)78(75(67)51-63,53-57-27-13-9-14-28-57)54-58-29-15-10-16-30-58)41-45-69(73)70-46-42-62(50-74(70)77)64-40-44-68-66-36-22-24-38-72(66)79(76(68)52-64,55-59-31-17-11-18-32-59)56-60-33-19-12-20-34-60/h21-24,35-46,49-52,57-60H,3-20,25-34,47-48,53-56H2,1-2H3. The Hall–Kier alpha value is -4.68. The van der Waals surface area contributed by atoms with E-state index in [1.807, 2.05) is 0 Å². The smallest absolute Gasteiger partial charge is 0.0220 e. The van der Waals surface area contributed by atoms with Crippen LogP contribution in [0.1, 0.15) is 266 Å². The number of fused-ring (bicyclic) bond motifs is 9. The van der Waals surface area contributed by atoms with E-state index in [-0.39, 0.29) is 16.2 Å². The van der Waals surface area contributed by atoms with E-state index < -0.39 is 0 Å². The molecular formula is C79H98. The van der Waals surface area contributed by atoms with Crippen LogP contribution in [0.5, 0.6) is 0 Å². The van der Waals surface area contributed by atoms with Gasteiger partial charge in [0.15, 0.2) is 0 Å². The molecule has 6 aromatic rings. The minimum Gasteiger partial charge on any atom is -0.0654 e. The van der Waals surface area contributed by atoms with Crippen molar-refractivity contribution in [3.8, 4) is 55.6 Å². The number of hydrogen-bond acceptors (Lipinski definition) is 0. The van der Waals surface area contributed by atoms with E-state index in [4.69, 9.17) is 0 Å². The lowest BCUT2D eigenvalue weighted by molar-refractivity contribution is 0.226. The quantitative estimate of drug-likeness (QED) is 0.0669. The molecule has 4 saturated carbocycles. The lowest BCUT2D eigenvalue weighted by Crippen LogP contribution is -2.32. The molecule has 0 aliphatic heterocycles. The fraction of sp³-hybridized carbons (Fsp3) is 0.544. The predicted molar refractivity (Wildman–Crippen MR) is 338 cm³/mol. The Morgan fingerprint density at radius 2 is 0.557 bits per heavy atom. The van der Waals surface area contributed by atoms with Crippen LogP contribution in [0.25, 0.3) is 55.6 Å². The van der Waals surface area contributed by atoms with Gasteiger partial charge in [0, 0.05) is 16.2 Å². The molecule has 4 fully saturated rings. The van der Waals surface area contributed by atoms with Crippen LogP contribution in [0.3, 0.4) is 0 Å². The summed E-state index contributed by atoms with van der Waals surface area (Å²) in [4.78, 5) is 0. The van der Waals surface area contributed by atoms with Crippen molar-refractivity contribution < 1.29 is 0 Å². The maximum absolute atomic E-state index is 2.77. The number of benzene rings is 6. The summed E-state index contributed by atoms with van der Waals surface area (Å²) in [6.45, 7) is 4.78. The Bertz CT molecular complexity index is 2800. The molecule has 0 spiro atoms. The Kier molecular flexibility index (Phi) is 16.1. The molecule has 414 valence electrons. The summed E-state index contributed by atoms with van der Waals surface area (Å²) in [6, 6.07) is 51.1. The summed E-state index contributed by atoms with van der Waals surface area (Å²) in [7, 11) is 0. The first-order valence-electron chi connectivity index (χ1n) is 33.8. The number of unbranched alkanes of at least 4 members (excludes halogenated alkanes) is 6. The lowest BCUT2D eigenvalue weighted by Gasteiger charge is -2.40. The van der Waals surface area contributed by atoms with Gasteiger partial charge in [0.05, 0.1) is 0 Å². The van der Waals surface area contributed by atoms with Crippen molar-refractivity contribution in [3.63, 3.8) is 0 Å². The predicted octanol–water partition coefficient (Wildman–Crippen LogP) is 23.6. The van der Waals surface area contributed by atoms with Crippen LogP contribution in [-0.4, -0.2) is 0 Å². The van der Waals surface area contributed by atoms with Crippen LogP contribution >= 0.6 is 0 Å². The molecule has 0 bridgehead atoms. The summed E-state index contributed by atoms with van der Waals surface area (Å²) in [5.41, 5.74) is 25.0. The number of hydrogen-bond donors (Lipinski definition) is 0. The Morgan fingerprint density at radius 3 is 0.861 bits per heavy atom. The molecule has 0 atom stereocenters. The van der Waals surface area contributed by atoms with Gasteiger partial charge in [-0.3, -0.25) is 0 Å². The minimum atomic E-state index is -0.00442. The van der Waals surface area contributed by atoms with Gasteiger partial charge in [-0.05, 0) is 175 Å². The van der Waals surface area contributed by atoms with Gasteiger partial charge in [-0.1, -0.05) is 291 Å². The maximum Gasteiger partial charge on any atom is 0.0220 e. The van der Waals surface area contributed by atoms with Crippen molar-refractivity contribution in [1.82, 2.24) is 0 Å². The molecule has 0 amide bonds. The first kappa shape index (κ1) is 53.6. The normalized spacial score (nSPS) is 20.3. The fourth-order valence-electron chi connectivity index (χ4n) is 19.1. The molecule has 0 N–H and O–H groups in total. The van der Waals surface area contributed by atoms with E-state index in [9.17, 15) is 0 Å². The Morgan fingerprint density at radius 1 is 0.278 bits per heavy atom. The molecule has 7 aliphatic rings. The summed E-state index contributed by atoms with van der Waals surface area (Å²) in [6.07, 6.45) is 46.6. The molecule has 0 saturated heterocycles. The zero-order valence-electron chi connectivity index (χ0n) is 49.4. The third-order valence-electron chi connectivity index (χ3n) is 22.9. The molecular weight excluding hydrogens is 949 g/mol. The molecule has 0 aromatic heterocycles. The van der Waals surface area contributed by atoms with Crippen molar-refractivity contribution in [2.24, 2.45) is 23.7 Å². The monoisotopic (exact) mass is 1050 g/mol. The van der Waals surface area contributed by atoms with Gasteiger partial charge < -0.3 is 0 Å². The van der Waals surface area contributed by atoms with Crippen molar-refractivity contribution in [2.45, 2.75) is 248 Å². The summed E-state index contributed by atoms with van der Waals surface area (Å²) in [5, 5.41) is 0. The van der Waals surface area contributed by atoms with E-state index in [0.29, 0.717) is 0 Å². The van der Waals surface area contributed by atoms with Crippen LogP contribution < -0.4 is 0 Å². The van der Waals surface area contributed by atoms with Crippen molar-refractivity contribution in [3.05, 3.63) is 155 Å². The maximum atomic E-state index is 2.77. The van der Waals surface area contributed by atoms with Crippen molar-refractivity contribution in [2.75, 3.05) is 0 Å². The van der Waals surface area contributed by atoms with Crippen LogP contribution in [-0.2, 0) is 16.2 Å². The third kappa shape index (κ3) is 10.2. The first-order valence-corrected chi connectivity index (χ1v) is 33.8. The van der Waals surface area contributed by atoms with E-state index in [1.54, 1.807) is 33.4 Å². The second-order valence-electron chi connectivity index (χ2n) is 27.8. The zero-order chi connectivity index (χ0) is 53.2. The fourth-order valence-corrected chi connectivity index (χ4v) is 19.1. The second kappa shape index (κ2) is 23.7. The van der Waals surface area contributed by atoms with E-state index >= 15 is 0 Å². The van der Waals surface area contributed by atoms with Gasteiger partial charge >= 0.3 is 0 Å². The summed E-state index contributed by atoms with van der Waals surface area (Å²) >= 11 is 0. The highest BCUT2D eigenvalue weighted by atomic mass is 14.5. The average Bonchev–Trinajstić information content (AvgIpc) is 3.34. The SMILES string of the molecule is CCCCCCC1(CCCCCC)c2cc(-c3ccc4c(c3)C(CC3CCCCC3)(CC3CCCCC3)c3ccccc3-4)ccc2-c2ccc(-c3ccc4c(c3)C(CC3CCCCC3)(CC3CCCCC3)c3ccccc3-4)cc21. The van der Waals surface area contributed by atoms with Gasteiger partial charge in [0.1, 0.15) is 0 Å². The van der Waals surface area contributed by atoms with E-state index in [0.717, 1.165) is 23.7 Å². The van der Waals surface area contributed by atoms with Gasteiger partial charge in [-0.15, -0.1) is 0 Å². The topological polar surface area (TPSA) is 0 Å². The zero-order valence-corrected chi connectivity index (χ0v) is 49.4. The summed E-state index contributed by atoms with van der Waals surface area (Å²) in [5.74, 6) is 3.29. The Labute approximate surface area is 479 Å². The van der Waals surface area contributed by atoms with Crippen molar-refractivity contribution >= 4 is 0 Å². The van der Waals surface area contributed by atoms with Crippen LogP contribution in [0.15, 0.2) is 121 Å². The van der Waals surface area contributed by atoms with Gasteiger partial charge in [0.25, 0.3) is 0 Å². The molecule has 13 rings (SSSR count). The average molecular weight is 1050 g/mol. The second-order valence-corrected chi connectivity index (χ2v) is 27.8.